The number of thiazole rings is 1. The lowest BCUT2D eigenvalue weighted by atomic mass is 10.1. The van der Waals surface area contributed by atoms with Crippen LogP contribution in [0.2, 0.25) is 0 Å². The summed E-state index contributed by atoms with van der Waals surface area (Å²) in [5, 5.41) is 6.16. The van der Waals surface area contributed by atoms with Crippen molar-refractivity contribution < 1.29 is 4.39 Å². The number of likely N-dealkylation sites (N-methyl/N-ethyl adjacent to an activating group) is 1. The highest BCUT2D eigenvalue weighted by atomic mass is 35.5. The van der Waals surface area contributed by atoms with Gasteiger partial charge in [0.15, 0.2) is 0 Å². The van der Waals surface area contributed by atoms with E-state index >= 15 is 0 Å². The second-order valence-electron chi connectivity index (χ2n) is 5.49. The third-order valence-corrected chi connectivity index (χ3v) is 4.88. The van der Waals surface area contributed by atoms with Gasteiger partial charge < -0.3 is 5.32 Å². The van der Waals surface area contributed by atoms with E-state index in [2.05, 4.69) is 15.2 Å². The normalized spacial score (nSPS) is 18.1. The van der Waals surface area contributed by atoms with Crippen LogP contribution in [0.5, 0.6) is 0 Å². The molecular formula is C16H22Cl2FN3S. The van der Waals surface area contributed by atoms with Gasteiger partial charge in [-0.1, -0.05) is 12.1 Å². The van der Waals surface area contributed by atoms with Crippen LogP contribution in [0, 0.1) is 5.82 Å². The molecule has 128 valence electrons. The molecule has 3 rings (SSSR count). The number of nitrogens with zero attached hydrogens (tertiary/aromatic N) is 2. The first-order valence-electron chi connectivity index (χ1n) is 7.35. The number of nitrogens with one attached hydrogen (secondary N) is 1. The lowest BCUT2D eigenvalue weighted by molar-refractivity contribution is 0.186. The van der Waals surface area contributed by atoms with Gasteiger partial charge in [-0.3, -0.25) is 4.90 Å². The number of hydrogen-bond donors (Lipinski definition) is 1. The Hall–Kier alpha value is -0.720. The lowest BCUT2D eigenvalue weighted by Gasteiger charge is -2.31. The smallest absolute Gasteiger partial charge is 0.133 e. The number of piperidine rings is 1. The largest absolute Gasteiger partial charge is 0.316 e. The van der Waals surface area contributed by atoms with Crippen molar-refractivity contribution in [2.24, 2.45) is 0 Å². The van der Waals surface area contributed by atoms with Crippen LogP contribution >= 0.6 is 36.2 Å². The maximum Gasteiger partial charge on any atom is 0.133 e. The van der Waals surface area contributed by atoms with Crippen LogP contribution in [0.1, 0.15) is 18.5 Å². The molecule has 1 N–H and O–H groups in total. The Bertz CT molecular complexity index is 609. The zero-order chi connectivity index (χ0) is 14.7. The third-order valence-electron chi connectivity index (χ3n) is 3.96. The Labute approximate surface area is 153 Å². The van der Waals surface area contributed by atoms with E-state index in [0.29, 0.717) is 11.6 Å². The zero-order valence-corrected chi connectivity index (χ0v) is 15.4. The molecule has 2 aromatic rings. The number of rotatable bonds is 4. The third kappa shape index (κ3) is 5.13. The van der Waals surface area contributed by atoms with Crippen molar-refractivity contribution in [2.45, 2.75) is 25.4 Å². The second kappa shape index (κ2) is 9.55. The van der Waals surface area contributed by atoms with Crippen molar-refractivity contribution in [1.82, 2.24) is 15.2 Å². The Morgan fingerprint density at radius 1 is 1.35 bits per heavy atom. The van der Waals surface area contributed by atoms with Gasteiger partial charge >= 0.3 is 0 Å². The molecule has 2 heterocycles. The molecule has 1 aromatic carbocycles. The van der Waals surface area contributed by atoms with E-state index in [-0.39, 0.29) is 30.6 Å². The summed E-state index contributed by atoms with van der Waals surface area (Å²) < 4.78 is 13.8. The molecule has 1 saturated heterocycles. The summed E-state index contributed by atoms with van der Waals surface area (Å²) in [6.45, 7) is 3.02. The van der Waals surface area contributed by atoms with E-state index in [1.54, 1.807) is 12.1 Å². The van der Waals surface area contributed by atoms with Gasteiger partial charge in [-0.25, -0.2) is 9.37 Å². The number of aromatic nitrogens is 1. The molecule has 1 atom stereocenters. The number of halogens is 3. The summed E-state index contributed by atoms with van der Waals surface area (Å²) in [6, 6.07) is 7.40. The van der Waals surface area contributed by atoms with Gasteiger partial charge in [0.1, 0.15) is 10.8 Å². The van der Waals surface area contributed by atoms with Crippen LogP contribution < -0.4 is 5.32 Å². The molecule has 0 aliphatic carbocycles. The molecule has 1 fully saturated rings. The van der Waals surface area contributed by atoms with E-state index in [9.17, 15) is 4.39 Å². The Balaban J connectivity index is 0.00000132. The fourth-order valence-electron chi connectivity index (χ4n) is 2.80. The van der Waals surface area contributed by atoms with Crippen molar-refractivity contribution in [3.63, 3.8) is 0 Å². The average molecular weight is 378 g/mol. The van der Waals surface area contributed by atoms with Gasteiger partial charge in [0, 0.05) is 30.1 Å². The zero-order valence-electron chi connectivity index (χ0n) is 13.0. The number of likely N-dealkylation sites (tertiary alicyclic amines) is 1. The Kier molecular flexibility index (Phi) is 8.44. The monoisotopic (exact) mass is 377 g/mol. The van der Waals surface area contributed by atoms with Crippen molar-refractivity contribution in [3.8, 4) is 10.6 Å². The van der Waals surface area contributed by atoms with Crippen molar-refractivity contribution in [3.05, 3.63) is 41.2 Å². The molecule has 3 nitrogen and oxygen atoms in total. The Morgan fingerprint density at radius 2 is 2.13 bits per heavy atom. The lowest BCUT2D eigenvalue weighted by Crippen LogP contribution is -2.43. The maximum atomic E-state index is 13.8. The first kappa shape index (κ1) is 20.3. The minimum atomic E-state index is -0.202. The maximum absolute atomic E-state index is 13.8. The standard InChI is InChI=1S/C16H20FN3S.2ClH/c1-18-12-5-4-8-20(9-12)10-13-11-21-16(19-13)14-6-2-3-7-15(14)17;;/h2-3,6-7,11-12,18H,4-5,8-10H2,1H3;2*1H. The number of hydrogen-bond acceptors (Lipinski definition) is 4. The average Bonchev–Trinajstić information content (AvgIpc) is 2.96. The van der Waals surface area contributed by atoms with E-state index in [1.165, 1.54) is 30.2 Å². The molecule has 1 aliphatic heterocycles. The highest BCUT2D eigenvalue weighted by Gasteiger charge is 2.19. The van der Waals surface area contributed by atoms with Gasteiger partial charge in [-0.2, -0.15) is 0 Å². The predicted molar refractivity (Wildman–Crippen MR) is 99.4 cm³/mol. The summed E-state index contributed by atoms with van der Waals surface area (Å²) in [6.07, 6.45) is 2.46. The molecule has 0 spiro atoms. The summed E-state index contributed by atoms with van der Waals surface area (Å²) in [4.78, 5) is 7.02. The molecule has 1 aromatic heterocycles. The molecule has 0 saturated carbocycles. The first-order chi connectivity index (χ1) is 10.3. The predicted octanol–water partition coefficient (Wildman–Crippen LogP) is 3.98. The summed E-state index contributed by atoms with van der Waals surface area (Å²) in [5.41, 5.74) is 1.63. The van der Waals surface area contributed by atoms with Crippen molar-refractivity contribution in [1.29, 1.82) is 0 Å². The molecule has 1 unspecified atom stereocenters. The van der Waals surface area contributed by atoms with Gasteiger partial charge in [0.25, 0.3) is 0 Å². The SMILES string of the molecule is CNC1CCCN(Cc2csc(-c3ccccc3F)n2)C1.Cl.Cl. The second-order valence-corrected chi connectivity index (χ2v) is 6.34. The van der Waals surface area contributed by atoms with Crippen LogP contribution in [0.15, 0.2) is 29.6 Å². The number of benzene rings is 1. The minimum absolute atomic E-state index is 0. The summed E-state index contributed by atoms with van der Waals surface area (Å²) >= 11 is 1.52. The van der Waals surface area contributed by atoms with E-state index in [1.807, 2.05) is 18.5 Å². The quantitative estimate of drug-likeness (QED) is 0.873. The van der Waals surface area contributed by atoms with Crippen LogP contribution in [0.4, 0.5) is 4.39 Å². The molecular weight excluding hydrogens is 356 g/mol. The van der Waals surface area contributed by atoms with Crippen LogP contribution in [0.3, 0.4) is 0 Å². The molecule has 7 heteroatoms. The fourth-order valence-corrected chi connectivity index (χ4v) is 3.64. The van der Waals surface area contributed by atoms with Crippen LogP contribution in [0.25, 0.3) is 10.6 Å². The van der Waals surface area contributed by atoms with Crippen molar-refractivity contribution in [2.75, 3.05) is 20.1 Å². The summed E-state index contributed by atoms with van der Waals surface area (Å²) in [5.74, 6) is -0.202. The fraction of sp³-hybridized carbons (Fsp3) is 0.438. The van der Waals surface area contributed by atoms with Crippen LogP contribution in [-0.2, 0) is 6.54 Å². The Morgan fingerprint density at radius 3 is 2.87 bits per heavy atom. The molecule has 0 amide bonds. The van der Waals surface area contributed by atoms with Crippen LogP contribution in [-0.4, -0.2) is 36.1 Å². The molecule has 0 radical (unpaired) electrons. The highest BCUT2D eigenvalue weighted by molar-refractivity contribution is 7.13. The highest BCUT2D eigenvalue weighted by Crippen LogP contribution is 2.26. The van der Waals surface area contributed by atoms with Gasteiger partial charge in [-0.05, 0) is 38.6 Å². The minimum Gasteiger partial charge on any atom is -0.316 e. The van der Waals surface area contributed by atoms with E-state index in [0.717, 1.165) is 30.3 Å². The van der Waals surface area contributed by atoms with Gasteiger partial charge in [0.05, 0.1) is 5.69 Å². The molecule has 0 bridgehead atoms. The van der Waals surface area contributed by atoms with E-state index < -0.39 is 0 Å². The van der Waals surface area contributed by atoms with Gasteiger partial charge in [0.2, 0.25) is 0 Å². The first-order valence-corrected chi connectivity index (χ1v) is 8.23. The van der Waals surface area contributed by atoms with Crippen molar-refractivity contribution >= 4 is 36.2 Å². The van der Waals surface area contributed by atoms with Gasteiger partial charge in [-0.15, -0.1) is 36.2 Å². The summed E-state index contributed by atoms with van der Waals surface area (Å²) in [7, 11) is 2.02. The molecule has 23 heavy (non-hydrogen) atoms. The topological polar surface area (TPSA) is 28.2 Å². The van der Waals surface area contributed by atoms with E-state index in [4.69, 9.17) is 0 Å². The molecule has 1 aliphatic rings.